The Morgan fingerprint density at radius 3 is 3.05 bits per heavy atom. The van der Waals surface area contributed by atoms with Gasteiger partial charge in [0, 0.05) is 36.7 Å². The van der Waals surface area contributed by atoms with E-state index >= 15 is 0 Å². The lowest BCUT2D eigenvalue weighted by atomic mass is 10.0. The summed E-state index contributed by atoms with van der Waals surface area (Å²) in [6.07, 6.45) is 3.40. The molecule has 1 saturated heterocycles. The molecule has 21 heavy (non-hydrogen) atoms. The lowest BCUT2D eigenvalue weighted by molar-refractivity contribution is 0.0936. The van der Waals surface area contributed by atoms with Crippen LogP contribution in [0, 0.1) is 0 Å². The Bertz CT molecular complexity index is 568. The summed E-state index contributed by atoms with van der Waals surface area (Å²) >= 11 is 0. The molecule has 1 amide bonds. The highest BCUT2D eigenvalue weighted by molar-refractivity contribution is 6.05. The lowest BCUT2D eigenvalue weighted by Crippen LogP contribution is -2.37. The van der Waals surface area contributed by atoms with E-state index in [9.17, 15) is 9.59 Å². The second-order valence-electron chi connectivity index (χ2n) is 6.01. The summed E-state index contributed by atoms with van der Waals surface area (Å²) in [6.45, 7) is 5.27. The van der Waals surface area contributed by atoms with Crippen LogP contribution in [-0.2, 0) is 6.42 Å². The molecule has 0 bridgehead atoms. The highest BCUT2D eigenvalue weighted by atomic mass is 16.2. The van der Waals surface area contributed by atoms with Crippen molar-refractivity contribution < 1.29 is 9.59 Å². The fourth-order valence-electron chi connectivity index (χ4n) is 3.44. The van der Waals surface area contributed by atoms with Crippen LogP contribution in [0.1, 0.15) is 52.5 Å². The third-order valence-corrected chi connectivity index (χ3v) is 4.47. The molecule has 1 unspecified atom stereocenters. The summed E-state index contributed by atoms with van der Waals surface area (Å²) in [5.74, 6) is 0.138. The molecule has 0 spiro atoms. The van der Waals surface area contributed by atoms with E-state index in [0.29, 0.717) is 18.4 Å². The lowest BCUT2D eigenvalue weighted by Gasteiger charge is -2.16. The molecule has 0 radical (unpaired) electrons. The molecular weight excluding hydrogens is 264 g/mol. The summed E-state index contributed by atoms with van der Waals surface area (Å²) in [7, 11) is 0. The summed E-state index contributed by atoms with van der Waals surface area (Å²) < 4.78 is 0. The average molecular weight is 286 g/mol. The number of fused-ring (bicyclic) bond motifs is 1. The molecular formula is C17H22N2O2. The summed E-state index contributed by atoms with van der Waals surface area (Å²) in [4.78, 5) is 26.6. The molecule has 112 valence electrons. The van der Waals surface area contributed by atoms with E-state index in [1.165, 1.54) is 0 Å². The van der Waals surface area contributed by atoms with Gasteiger partial charge in [-0.3, -0.25) is 9.59 Å². The van der Waals surface area contributed by atoms with Crippen LogP contribution in [0.25, 0.3) is 0 Å². The van der Waals surface area contributed by atoms with Crippen molar-refractivity contribution in [2.24, 2.45) is 0 Å². The highest BCUT2D eigenvalue weighted by Crippen LogP contribution is 2.25. The number of amides is 1. The SMILES string of the molecule is CCCN1CCC(NC(=O)c2cccc3c2CCC3=O)C1. The molecule has 0 saturated carbocycles. The molecule has 2 aliphatic rings. The van der Waals surface area contributed by atoms with Gasteiger partial charge in [-0.15, -0.1) is 0 Å². The van der Waals surface area contributed by atoms with Gasteiger partial charge in [0.1, 0.15) is 0 Å². The normalized spacial score (nSPS) is 21.6. The van der Waals surface area contributed by atoms with Crippen molar-refractivity contribution in [2.75, 3.05) is 19.6 Å². The van der Waals surface area contributed by atoms with Crippen molar-refractivity contribution in [3.8, 4) is 0 Å². The Morgan fingerprint density at radius 2 is 2.24 bits per heavy atom. The van der Waals surface area contributed by atoms with Crippen molar-refractivity contribution in [2.45, 2.75) is 38.6 Å². The van der Waals surface area contributed by atoms with Crippen molar-refractivity contribution in [1.82, 2.24) is 10.2 Å². The van der Waals surface area contributed by atoms with Gasteiger partial charge in [0.2, 0.25) is 0 Å². The predicted octanol–water partition coefficient (Wildman–Crippen LogP) is 2.03. The molecule has 1 fully saturated rings. The van der Waals surface area contributed by atoms with Crippen LogP contribution in [0.3, 0.4) is 0 Å². The van der Waals surface area contributed by atoms with Crippen LogP contribution in [-0.4, -0.2) is 42.3 Å². The van der Waals surface area contributed by atoms with Gasteiger partial charge in [-0.25, -0.2) is 0 Å². The van der Waals surface area contributed by atoms with Gasteiger partial charge in [0.15, 0.2) is 5.78 Å². The minimum atomic E-state index is -0.0232. The van der Waals surface area contributed by atoms with Crippen LogP contribution < -0.4 is 5.32 Å². The van der Waals surface area contributed by atoms with Crippen LogP contribution in [0.5, 0.6) is 0 Å². The number of nitrogens with zero attached hydrogens (tertiary/aromatic N) is 1. The van der Waals surface area contributed by atoms with E-state index in [4.69, 9.17) is 0 Å². The number of likely N-dealkylation sites (tertiary alicyclic amines) is 1. The predicted molar refractivity (Wildman–Crippen MR) is 81.7 cm³/mol. The molecule has 1 aliphatic carbocycles. The van der Waals surface area contributed by atoms with E-state index < -0.39 is 0 Å². The fourth-order valence-corrected chi connectivity index (χ4v) is 3.44. The van der Waals surface area contributed by atoms with E-state index in [0.717, 1.165) is 43.6 Å². The Kier molecular flexibility index (Phi) is 4.06. The highest BCUT2D eigenvalue weighted by Gasteiger charge is 2.27. The smallest absolute Gasteiger partial charge is 0.251 e. The Morgan fingerprint density at radius 1 is 1.38 bits per heavy atom. The van der Waals surface area contributed by atoms with Gasteiger partial charge in [0.25, 0.3) is 5.91 Å². The number of rotatable bonds is 4. The van der Waals surface area contributed by atoms with E-state index in [1.807, 2.05) is 18.2 Å². The van der Waals surface area contributed by atoms with Crippen molar-refractivity contribution >= 4 is 11.7 Å². The Labute approximate surface area is 125 Å². The largest absolute Gasteiger partial charge is 0.348 e. The molecule has 1 aromatic carbocycles. The van der Waals surface area contributed by atoms with Gasteiger partial charge in [-0.1, -0.05) is 19.1 Å². The second-order valence-corrected chi connectivity index (χ2v) is 6.01. The minimum Gasteiger partial charge on any atom is -0.348 e. The maximum atomic E-state index is 12.5. The standard InChI is InChI=1S/C17H22N2O2/c1-2-9-19-10-8-12(11-19)18-17(21)15-5-3-4-14-13(15)6-7-16(14)20/h3-5,12H,2,6-11H2,1H3,(H,18,21). The first-order chi connectivity index (χ1) is 10.2. The fraction of sp³-hybridized carbons (Fsp3) is 0.529. The topological polar surface area (TPSA) is 49.4 Å². The van der Waals surface area contributed by atoms with Crippen LogP contribution in [0.4, 0.5) is 0 Å². The molecule has 1 atom stereocenters. The van der Waals surface area contributed by atoms with Crippen molar-refractivity contribution in [1.29, 1.82) is 0 Å². The molecule has 0 aromatic heterocycles. The molecule has 4 heteroatoms. The third-order valence-electron chi connectivity index (χ3n) is 4.47. The maximum Gasteiger partial charge on any atom is 0.251 e. The number of Topliss-reactive ketones (excluding diaryl/α,β-unsaturated/α-hetero) is 1. The van der Waals surface area contributed by atoms with Gasteiger partial charge >= 0.3 is 0 Å². The Balaban J connectivity index is 1.69. The first kappa shape index (κ1) is 14.3. The molecule has 1 N–H and O–H groups in total. The average Bonchev–Trinajstić information content (AvgIpc) is 3.07. The van der Waals surface area contributed by atoms with E-state index in [-0.39, 0.29) is 17.7 Å². The number of hydrogen-bond acceptors (Lipinski definition) is 3. The number of benzene rings is 1. The number of hydrogen-bond donors (Lipinski definition) is 1. The zero-order valence-corrected chi connectivity index (χ0v) is 12.5. The number of carbonyl (C=O) groups is 2. The molecule has 4 nitrogen and oxygen atoms in total. The van der Waals surface area contributed by atoms with E-state index in [1.54, 1.807) is 0 Å². The molecule has 1 aromatic rings. The first-order valence-electron chi connectivity index (χ1n) is 7.87. The first-order valence-corrected chi connectivity index (χ1v) is 7.87. The maximum absolute atomic E-state index is 12.5. The van der Waals surface area contributed by atoms with Gasteiger partial charge in [0.05, 0.1) is 0 Å². The Hall–Kier alpha value is -1.68. The zero-order chi connectivity index (χ0) is 14.8. The quantitative estimate of drug-likeness (QED) is 0.921. The minimum absolute atomic E-state index is 0.0232. The van der Waals surface area contributed by atoms with Crippen LogP contribution >= 0.6 is 0 Å². The second kappa shape index (κ2) is 5.98. The van der Waals surface area contributed by atoms with E-state index in [2.05, 4.69) is 17.1 Å². The number of carbonyl (C=O) groups excluding carboxylic acids is 2. The van der Waals surface area contributed by atoms with Crippen LogP contribution in [0.2, 0.25) is 0 Å². The van der Waals surface area contributed by atoms with Crippen molar-refractivity contribution in [3.63, 3.8) is 0 Å². The summed E-state index contributed by atoms with van der Waals surface area (Å²) in [5, 5.41) is 3.14. The zero-order valence-electron chi connectivity index (χ0n) is 12.5. The van der Waals surface area contributed by atoms with Crippen molar-refractivity contribution in [3.05, 3.63) is 34.9 Å². The molecule has 3 rings (SSSR count). The number of ketones is 1. The van der Waals surface area contributed by atoms with Crippen LogP contribution in [0.15, 0.2) is 18.2 Å². The summed E-state index contributed by atoms with van der Waals surface area (Å²) in [6, 6.07) is 5.72. The molecule has 1 heterocycles. The number of nitrogens with one attached hydrogen (secondary N) is 1. The van der Waals surface area contributed by atoms with Gasteiger partial charge in [-0.2, -0.15) is 0 Å². The van der Waals surface area contributed by atoms with Gasteiger partial charge < -0.3 is 10.2 Å². The van der Waals surface area contributed by atoms with Gasteiger partial charge in [-0.05, 0) is 37.4 Å². The monoisotopic (exact) mass is 286 g/mol. The summed E-state index contributed by atoms with van der Waals surface area (Å²) in [5.41, 5.74) is 2.36. The third kappa shape index (κ3) is 2.86. The molecule has 1 aliphatic heterocycles.